The number of benzene rings is 9. The molecule has 0 N–H and O–H groups in total. The van der Waals surface area contributed by atoms with Crippen molar-refractivity contribution < 1.29 is 0 Å². The number of hydrogen-bond acceptors (Lipinski definition) is 1. The van der Waals surface area contributed by atoms with Crippen molar-refractivity contribution in [3.05, 3.63) is 206 Å². The predicted molar refractivity (Wildman–Crippen MR) is 244 cm³/mol. The van der Waals surface area contributed by atoms with E-state index in [4.69, 9.17) is 0 Å². The van der Waals surface area contributed by atoms with E-state index in [0.29, 0.717) is 0 Å². The lowest BCUT2D eigenvalue weighted by Crippen LogP contribution is -1.96. The fraction of sp³-hybridized carbons (Fsp3) is 0. The first-order chi connectivity index (χ1) is 28.2. The number of thiophene rings is 1. The Morgan fingerprint density at radius 2 is 0.684 bits per heavy atom. The molecule has 0 bridgehead atoms. The highest BCUT2D eigenvalue weighted by Gasteiger charge is 2.17. The van der Waals surface area contributed by atoms with Gasteiger partial charge < -0.3 is 9.13 Å². The first kappa shape index (κ1) is 32.1. The van der Waals surface area contributed by atoms with Crippen LogP contribution in [-0.4, -0.2) is 9.13 Å². The van der Waals surface area contributed by atoms with Gasteiger partial charge >= 0.3 is 0 Å². The molecule has 0 amide bonds. The number of para-hydroxylation sites is 3. The predicted octanol–water partition coefficient (Wildman–Crippen LogP) is 15.2. The number of nitrogens with zero attached hydrogens (tertiary/aromatic N) is 2. The first-order valence-electron chi connectivity index (χ1n) is 19.5. The van der Waals surface area contributed by atoms with Crippen LogP contribution in [-0.2, 0) is 0 Å². The van der Waals surface area contributed by atoms with Crippen LogP contribution in [0.15, 0.2) is 206 Å². The minimum Gasteiger partial charge on any atom is -0.309 e. The normalized spacial score (nSPS) is 11.9. The van der Waals surface area contributed by atoms with Crippen molar-refractivity contribution in [3.8, 4) is 44.8 Å². The van der Waals surface area contributed by atoms with Crippen LogP contribution in [0.1, 0.15) is 0 Å². The van der Waals surface area contributed by atoms with Crippen molar-refractivity contribution in [1.82, 2.24) is 9.13 Å². The third-order valence-corrected chi connectivity index (χ3v) is 12.8. The van der Waals surface area contributed by atoms with Crippen LogP contribution < -0.4 is 0 Å². The van der Waals surface area contributed by atoms with Gasteiger partial charge in [-0.1, -0.05) is 127 Å². The number of rotatable bonds is 5. The van der Waals surface area contributed by atoms with Gasteiger partial charge in [0, 0.05) is 53.1 Å². The van der Waals surface area contributed by atoms with Gasteiger partial charge in [-0.3, -0.25) is 0 Å². The lowest BCUT2D eigenvalue weighted by molar-refractivity contribution is 1.18. The molecule has 3 aromatic heterocycles. The molecule has 266 valence electrons. The van der Waals surface area contributed by atoms with E-state index in [1.54, 1.807) is 0 Å². The average Bonchev–Trinajstić information content (AvgIpc) is 3.94. The zero-order valence-corrected chi connectivity index (χ0v) is 31.7. The summed E-state index contributed by atoms with van der Waals surface area (Å²) in [6.07, 6.45) is 0. The molecule has 0 radical (unpaired) electrons. The molecule has 0 spiro atoms. The molecule has 12 aromatic rings. The van der Waals surface area contributed by atoms with E-state index in [1.165, 1.54) is 103 Å². The van der Waals surface area contributed by atoms with Crippen LogP contribution in [0.3, 0.4) is 0 Å². The Balaban J connectivity index is 1.02. The summed E-state index contributed by atoms with van der Waals surface area (Å²) in [5, 5.41) is 7.65. The molecule has 0 aliphatic heterocycles. The summed E-state index contributed by atoms with van der Waals surface area (Å²) in [4.78, 5) is 0. The topological polar surface area (TPSA) is 9.86 Å². The van der Waals surface area contributed by atoms with Crippen molar-refractivity contribution in [2.24, 2.45) is 0 Å². The van der Waals surface area contributed by atoms with Crippen LogP contribution >= 0.6 is 11.3 Å². The third-order valence-electron chi connectivity index (χ3n) is 11.7. The Kier molecular flexibility index (Phi) is 7.13. The minimum absolute atomic E-state index is 1.15. The molecule has 12 rings (SSSR count). The van der Waals surface area contributed by atoms with E-state index in [1.807, 2.05) is 11.3 Å². The lowest BCUT2D eigenvalue weighted by atomic mass is 9.98. The van der Waals surface area contributed by atoms with E-state index in [2.05, 4.69) is 215 Å². The van der Waals surface area contributed by atoms with E-state index < -0.39 is 0 Å². The molecule has 0 fully saturated rings. The standard InChI is InChI=1S/C54H34N2S/c1-3-13-35(14-4-1)39-29-40(36-15-5-2-6-16-36)31-42(30-39)56-51-22-12-9-19-45(51)46-32-37(23-26-52(46)56)38-24-27-53-47(33-38)48-34-41(25-28-54(48)57-53)55-49-20-10-7-17-43(49)44-18-8-11-21-50(44)55/h1-34H. The van der Waals surface area contributed by atoms with Gasteiger partial charge in [-0.2, -0.15) is 0 Å². The molecular weight excluding hydrogens is 709 g/mol. The smallest absolute Gasteiger partial charge is 0.0541 e. The van der Waals surface area contributed by atoms with Crippen LogP contribution in [0, 0.1) is 0 Å². The molecule has 0 atom stereocenters. The Hall–Kier alpha value is -7.20. The van der Waals surface area contributed by atoms with Gasteiger partial charge in [0.25, 0.3) is 0 Å². The summed E-state index contributed by atoms with van der Waals surface area (Å²) < 4.78 is 7.47. The van der Waals surface area contributed by atoms with Gasteiger partial charge in [-0.15, -0.1) is 11.3 Å². The Bertz CT molecular complexity index is 3400. The van der Waals surface area contributed by atoms with Gasteiger partial charge in [0.05, 0.1) is 22.1 Å². The molecular formula is C54H34N2S. The van der Waals surface area contributed by atoms with Crippen molar-refractivity contribution >= 4 is 75.1 Å². The first-order valence-corrected chi connectivity index (χ1v) is 20.3. The molecule has 0 saturated heterocycles. The monoisotopic (exact) mass is 742 g/mol. The van der Waals surface area contributed by atoms with Crippen molar-refractivity contribution in [1.29, 1.82) is 0 Å². The summed E-state index contributed by atoms with van der Waals surface area (Å²) in [7, 11) is 0. The number of fused-ring (bicyclic) bond motifs is 9. The van der Waals surface area contributed by atoms with E-state index >= 15 is 0 Å². The summed E-state index contributed by atoms with van der Waals surface area (Å²) >= 11 is 1.87. The van der Waals surface area contributed by atoms with E-state index in [0.717, 1.165) is 5.69 Å². The highest BCUT2D eigenvalue weighted by atomic mass is 32.1. The zero-order chi connectivity index (χ0) is 37.5. The average molecular weight is 743 g/mol. The second-order valence-corrected chi connectivity index (χ2v) is 16.0. The van der Waals surface area contributed by atoms with E-state index in [9.17, 15) is 0 Å². The van der Waals surface area contributed by atoms with Gasteiger partial charge in [-0.25, -0.2) is 0 Å². The van der Waals surface area contributed by atoms with Crippen molar-refractivity contribution in [3.63, 3.8) is 0 Å². The third kappa shape index (κ3) is 5.10. The van der Waals surface area contributed by atoms with Gasteiger partial charge in [0.2, 0.25) is 0 Å². The lowest BCUT2D eigenvalue weighted by Gasteiger charge is -2.14. The largest absolute Gasteiger partial charge is 0.309 e. The van der Waals surface area contributed by atoms with Gasteiger partial charge in [0.1, 0.15) is 0 Å². The van der Waals surface area contributed by atoms with Crippen LogP contribution in [0.5, 0.6) is 0 Å². The molecule has 3 heteroatoms. The fourth-order valence-electron chi connectivity index (χ4n) is 9.05. The Morgan fingerprint density at radius 1 is 0.246 bits per heavy atom. The van der Waals surface area contributed by atoms with E-state index in [-0.39, 0.29) is 0 Å². The molecule has 57 heavy (non-hydrogen) atoms. The summed E-state index contributed by atoms with van der Waals surface area (Å²) in [6, 6.07) is 75.7. The number of hydrogen-bond donors (Lipinski definition) is 0. The summed E-state index contributed by atoms with van der Waals surface area (Å²) in [6.45, 7) is 0. The molecule has 0 aliphatic carbocycles. The summed E-state index contributed by atoms with van der Waals surface area (Å²) in [5.41, 5.74) is 14.4. The fourth-order valence-corrected chi connectivity index (χ4v) is 10.1. The maximum Gasteiger partial charge on any atom is 0.0541 e. The second kappa shape index (κ2) is 12.7. The molecule has 9 aromatic carbocycles. The molecule has 0 aliphatic rings. The van der Waals surface area contributed by atoms with Crippen molar-refractivity contribution in [2.75, 3.05) is 0 Å². The van der Waals surface area contributed by atoms with Gasteiger partial charge in [-0.05, 0) is 112 Å². The highest BCUT2D eigenvalue weighted by Crippen LogP contribution is 2.41. The maximum atomic E-state index is 2.44. The Morgan fingerprint density at radius 3 is 1.28 bits per heavy atom. The van der Waals surface area contributed by atoms with Crippen LogP contribution in [0.4, 0.5) is 0 Å². The van der Waals surface area contributed by atoms with Crippen LogP contribution in [0.2, 0.25) is 0 Å². The van der Waals surface area contributed by atoms with Gasteiger partial charge in [0.15, 0.2) is 0 Å². The SMILES string of the molecule is c1ccc(-c2cc(-c3ccccc3)cc(-n3c4ccccc4c4cc(-c5ccc6sc7ccc(-n8c9ccccc9c9ccccc98)cc7c6c5)ccc43)c2)cc1. The maximum absolute atomic E-state index is 2.44. The molecule has 0 saturated carbocycles. The zero-order valence-electron chi connectivity index (χ0n) is 30.9. The molecule has 3 heterocycles. The molecule has 0 unspecified atom stereocenters. The summed E-state index contributed by atoms with van der Waals surface area (Å²) in [5.74, 6) is 0. The minimum atomic E-state index is 1.15. The molecule has 2 nitrogen and oxygen atoms in total. The van der Waals surface area contributed by atoms with Crippen molar-refractivity contribution in [2.45, 2.75) is 0 Å². The highest BCUT2D eigenvalue weighted by molar-refractivity contribution is 7.25. The number of aromatic nitrogens is 2. The second-order valence-electron chi connectivity index (χ2n) is 14.9. The Labute approximate surface area is 333 Å². The quantitative estimate of drug-likeness (QED) is 0.166. The van der Waals surface area contributed by atoms with Crippen LogP contribution in [0.25, 0.3) is 109 Å².